The van der Waals surface area contributed by atoms with E-state index < -0.39 is 0 Å². The second kappa shape index (κ2) is 4.93. The molecular formula is C14H11BrN4. The number of nitrogens with zero attached hydrogens (tertiary/aromatic N) is 4. The maximum atomic E-state index is 4.44. The van der Waals surface area contributed by atoms with Gasteiger partial charge in [-0.3, -0.25) is 4.98 Å². The van der Waals surface area contributed by atoms with Crippen LogP contribution >= 0.6 is 15.9 Å². The van der Waals surface area contributed by atoms with Crippen LogP contribution < -0.4 is 0 Å². The minimum atomic E-state index is 0.805. The second-order valence-corrected chi connectivity index (χ2v) is 4.97. The summed E-state index contributed by atoms with van der Waals surface area (Å²) in [5.41, 5.74) is 3.69. The monoisotopic (exact) mass is 314 g/mol. The van der Waals surface area contributed by atoms with E-state index >= 15 is 0 Å². The van der Waals surface area contributed by atoms with Crippen LogP contribution in [0, 0.1) is 6.92 Å². The van der Waals surface area contributed by atoms with Crippen LogP contribution in [0.5, 0.6) is 0 Å². The van der Waals surface area contributed by atoms with Crippen molar-refractivity contribution in [1.29, 1.82) is 0 Å². The van der Waals surface area contributed by atoms with Gasteiger partial charge in [-0.1, -0.05) is 23.4 Å². The standard InChI is InChI=1S/C14H11BrN4/c1-10-5-4-6-11(16-10)9-14(15)19-13-8-3-2-7-12(13)17-18-19/h2-9H,1H3/b14-9+. The van der Waals surface area contributed by atoms with Gasteiger partial charge in [0.05, 0.1) is 11.2 Å². The van der Waals surface area contributed by atoms with E-state index in [-0.39, 0.29) is 0 Å². The summed E-state index contributed by atoms with van der Waals surface area (Å²) >= 11 is 3.53. The van der Waals surface area contributed by atoms with Gasteiger partial charge in [-0.25, -0.2) is 4.68 Å². The Morgan fingerprint density at radius 3 is 2.84 bits per heavy atom. The van der Waals surface area contributed by atoms with Crippen molar-refractivity contribution in [2.75, 3.05) is 0 Å². The highest BCUT2D eigenvalue weighted by Gasteiger charge is 2.06. The van der Waals surface area contributed by atoms with E-state index in [1.807, 2.05) is 55.5 Å². The van der Waals surface area contributed by atoms with Gasteiger partial charge in [0.15, 0.2) is 0 Å². The predicted molar refractivity (Wildman–Crippen MR) is 79.6 cm³/mol. The molecule has 94 valence electrons. The van der Waals surface area contributed by atoms with Gasteiger partial charge in [0.2, 0.25) is 0 Å². The molecule has 0 aliphatic rings. The Bertz CT molecular complexity index is 761. The van der Waals surface area contributed by atoms with Gasteiger partial charge in [-0.05, 0) is 53.2 Å². The van der Waals surface area contributed by atoms with Crippen LogP contribution in [-0.2, 0) is 0 Å². The molecule has 0 radical (unpaired) electrons. The van der Waals surface area contributed by atoms with Crippen LogP contribution in [0.4, 0.5) is 0 Å². The Balaban J connectivity index is 2.06. The third-order valence-corrected chi connectivity index (χ3v) is 3.30. The first-order valence-electron chi connectivity index (χ1n) is 5.86. The van der Waals surface area contributed by atoms with Crippen molar-refractivity contribution in [3.05, 3.63) is 53.9 Å². The molecule has 3 aromatic rings. The Labute approximate surface area is 118 Å². The number of hydrogen-bond donors (Lipinski definition) is 0. The molecule has 3 rings (SSSR count). The summed E-state index contributed by atoms with van der Waals surface area (Å²) < 4.78 is 2.55. The van der Waals surface area contributed by atoms with Crippen molar-refractivity contribution >= 4 is 37.6 Å². The van der Waals surface area contributed by atoms with Crippen LogP contribution in [0.3, 0.4) is 0 Å². The zero-order valence-electron chi connectivity index (χ0n) is 10.3. The highest BCUT2D eigenvalue weighted by atomic mass is 79.9. The minimum absolute atomic E-state index is 0.805. The van der Waals surface area contributed by atoms with E-state index in [0.29, 0.717) is 0 Å². The summed E-state index contributed by atoms with van der Waals surface area (Å²) in [6, 6.07) is 13.7. The Morgan fingerprint density at radius 1 is 1.16 bits per heavy atom. The van der Waals surface area contributed by atoms with E-state index in [1.54, 1.807) is 4.68 Å². The summed E-state index contributed by atoms with van der Waals surface area (Å²) in [4.78, 5) is 4.44. The number of pyridine rings is 1. The molecular weight excluding hydrogens is 304 g/mol. The fraction of sp³-hybridized carbons (Fsp3) is 0.0714. The summed E-state index contributed by atoms with van der Waals surface area (Å²) in [5, 5.41) is 8.26. The van der Waals surface area contributed by atoms with Gasteiger partial charge in [0, 0.05) is 5.69 Å². The molecule has 0 N–H and O–H groups in total. The molecule has 0 bridgehead atoms. The van der Waals surface area contributed by atoms with Crippen molar-refractivity contribution in [2.45, 2.75) is 6.92 Å². The molecule has 0 unspecified atom stereocenters. The van der Waals surface area contributed by atoms with E-state index in [0.717, 1.165) is 27.0 Å². The molecule has 0 aliphatic heterocycles. The summed E-state index contributed by atoms with van der Waals surface area (Å²) in [6.07, 6.45) is 1.92. The van der Waals surface area contributed by atoms with Gasteiger partial charge >= 0.3 is 0 Å². The van der Waals surface area contributed by atoms with Crippen LogP contribution in [0.25, 0.3) is 21.7 Å². The first kappa shape index (κ1) is 12.0. The van der Waals surface area contributed by atoms with Gasteiger partial charge in [-0.2, -0.15) is 0 Å². The number of rotatable bonds is 2. The lowest BCUT2D eigenvalue weighted by Crippen LogP contribution is -1.94. The SMILES string of the molecule is Cc1cccc(/C=C(\Br)n2nnc3ccccc32)n1. The number of hydrogen-bond acceptors (Lipinski definition) is 3. The molecule has 0 amide bonds. The average Bonchev–Trinajstić information content (AvgIpc) is 2.82. The maximum Gasteiger partial charge on any atom is 0.113 e. The Kier molecular flexibility index (Phi) is 3.13. The molecule has 2 heterocycles. The molecule has 0 spiro atoms. The van der Waals surface area contributed by atoms with Crippen molar-refractivity contribution in [2.24, 2.45) is 0 Å². The Hall–Kier alpha value is -2.01. The maximum absolute atomic E-state index is 4.44. The summed E-state index contributed by atoms with van der Waals surface area (Å²) in [7, 11) is 0. The first-order valence-corrected chi connectivity index (χ1v) is 6.65. The molecule has 5 heteroatoms. The number of benzene rings is 1. The zero-order chi connectivity index (χ0) is 13.2. The molecule has 0 saturated carbocycles. The van der Waals surface area contributed by atoms with E-state index in [2.05, 4.69) is 31.2 Å². The number of fused-ring (bicyclic) bond motifs is 1. The van der Waals surface area contributed by atoms with E-state index in [9.17, 15) is 0 Å². The molecule has 0 saturated heterocycles. The number of aryl methyl sites for hydroxylation is 1. The lowest BCUT2D eigenvalue weighted by Gasteiger charge is -2.01. The van der Waals surface area contributed by atoms with E-state index in [1.165, 1.54) is 0 Å². The molecule has 0 fully saturated rings. The Morgan fingerprint density at radius 2 is 2.00 bits per heavy atom. The van der Waals surface area contributed by atoms with Crippen molar-refractivity contribution in [3.8, 4) is 0 Å². The summed E-state index contributed by atoms with van der Waals surface area (Å²) in [6.45, 7) is 1.97. The van der Waals surface area contributed by atoms with Crippen LogP contribution in [0.1, 0.15) is 11.4 Å². The second-order valence-electron chi connectivity index (χ2n) is 4.16. The van der Waals surface area contributed by atoms with Crippen molar-refractivity contribution in [1.82, 2.24) is 20.0 Å². The van der Waals surface area contributed by atoms with Crippen LogP contribution in [-0.4, -0.2) is 20.0 Å². The predicted octanol–water partition coefficient (Wildman–Crippen LogP) is 3.49. The first-order chi connectivity index (χ1) is 9.24. The summed E-state index contributed by atoms with van der Waals surface area (Å²) in [5.74, 6) is 0. The number of para-hydroxylation sites is 1. The quantitative estimate of drug-likeness (QED) is 0.727. The lowest BCUT2D eigenvalue weighted by molar-refractivity contribution is 0.858. The molecule has 0 atom stereocenters. The lowest BCUT2D eigenvalue weighted by atomic mass is 10.3. The third-order valence-electron chi connectivity index (χ3n) is 2.73. The molecule has 0 aliphatic carbocycles. The molecule has 1 aromatic carbocycles. The van der Waals surface area contributed by atoms with Gasteiger partial charge in [0.25, 0.3) is 0 Å². The largest absolute Gasteiger partial charge is 0.254 e. The normalized spacial score (nSPS) is 12.0. The zero-order valence-corrected chi connectivity index (χ0v) is 11.9. The van der Waals surface area contributed by atoms with Crippen LogP contribution in [0.2, 0.25) is 0 Å². The average molecular weight is 315 g/mol. The van der Waals surface area contributed by atoms with Gasteiger partial charge in [-0.15, -0.1) is 5.10 Å². The highest BCUT2D eigenvalue weighted by molar-refractivity contribution is 9.15. The van der Waals surface area contributed by atoms with Crippen molar-refractivity contribution < 1.29 is 0 Å². The topological polar surface area (TPSA) is 43.6 Å². The molecule has 2 aromatic heterocycles. The third kappa shape index (κ3) is 2.42. The number of aromatic nitrogens is 4. The fourth-order valence-corrected chi connectivity index (χ4v) is 2.35. The van der Waals surface area contributed by atoms with Gasteiger partial charge in [0.1, 0.15) is 10.1 Å². The smallest absolute Gasteiger partial charge is 0.113 e. The highest BCUT2D eigenvalue weighted by Crippen LogP contribution is 2.21. The van der Waals surface area contributed by atoms with E-state index in [4.69, 9.17) is 0 Å². The van der Waals surface area contributed by atoms with Gasteiger partial charge < -0.3 is 0 Å². The molecule has 4 nitrogen and oxygen atoms in total. The minimum Gasteiger partial charge on any atom is -0.254 e. The molecule has 19 heavy (non-hydrogen) atoms. The number of halogens is 1. The van der Waals surface area contributed by atoms with Crippen LogP contribution in [0.15, 0.2) is 42.5 Å². The van der Waals surface area contributed by atoms with Crippen molar-refractivity contribution in [3.63, 3.8) is 0 Å². The fourth-order valence-electron chi connectivity index (χ4n) is 1.85.